The minimum absolute atomic E-state index is 0.152. The lowest BCUT2D eigenvalue weighted by atomic mass is 10.2. The monoisotopic (exact) mass is 344 g/mol. The lowest BCUT2D eigenvalue weighted by molar-refractivity contribution is 0.259. The third-order valence-electron chi connectivity index (χ3n) is 2.61. The molecule has 0 saturated carbocycles. The molecular weight excluding hydrogens is 335 g/mol. The third-order valence-corrected chi connectivity index (χ3v) is 3.64. The fraction of sp³-hybridized carbons (Fsp3) is 0.143. The summed E-state index contributed by atoms with van der Waals surface area (Å²) in [6, 6.07) is 9.54. The van der Waals surface area contributed by atoms with E-state index in [1.807, 2.05) is 0 Å². The van der Waals surface area contributed by atoms with Crippen molar-refractivity contribution in [3.63, 3.8) is 0 Å². The highest BCUT2D eigenvalue weighted by molar-refractivity contribution is 9.10. The van der Waals surface area contributed by atoms with Gasteiger partial charge < -0.3 is 9.84 Å². The maximum absolute atomic E-state index is 13.0. The van der Waals surface area contributed by atoms with Crippen molar-refractivity contribution >= 4 is 27.5 Å². The average Bonchev–Trinajstić information content (AvgIpc) is 2.39. The van der Waals surface area contributed by atoms with E-state index in [4.69, 9.17) is 16.3 Å². The molecule has 2 nitrogen and oxygen atoms in total. The molecule has 0 aromatic heterocycles. The van der Waals surface area contributed by atoms with Gasteiger partial charge in [-0.25, -0.2) is 4.39 Å². The molecule has 0 unspecified atom stereocenters. The molecular formula is C14H11BrClFO2. The van der Waals surface area contributed by atoms with Gasteiger partial charge in [0.1, 0.15) is 18.2 Å². The van der Waals surface area contributed by atoms with Crippen molar-refractivity contribution in [3.05, 3.63) is 62.8 Å². The summed E-state index contributed by atoms with van der Waals surface area (Å²) < 4.78 is 19.2. The van der Waals surface area contributed by atoms with E-state index in [0.29, 0.717) is 20.8 Å². The molecule has 0 fully saturated rings. The molecule has 2 aromatic rings. The smallest absolute Gasteiger partial charge is 0.143 e. The minimum atomic E-state index is -0.315. The highest BCUT2D eigenvalue weighted by atomic mass is 79.9. The largest absolute Gasteiger partial charge is 0.487 e. The number of aliphatic hydroxyl groups is 1. The van der Waals surface area contributed by atoms with E-state index in [1.54, 1.807) is 24.3 Å². The zero-order chi connectivity index (χ0) is 13.8. The fourth-order valence-corrected chi connectivity index (χ4v) is 2.34. The Balaban J connectivity index is 2.19. The first-order valence-electron chi connectivity index (χ1n) is 5.57. The second kappa shape index (κ2) is 6.37. The third kappa shape index (κ3) is 3.47. The number of halogens is 3. The summed E-state index contributed by atoms with van der Waals surface area (Å²) in [5.74, 6) is 0.132. The van der Waals surface area contributed by atoms with Gasteiger partial charge in [-0.05, 0) is 18.2 Å². The predicted molar refractivity (Wildman–Crippen MR) is 75.8 cm³/mol. The number of ether oxygens (including phenoxy) is 1. The summed E-state index contributed by atoms with van der Waals surface area (Å²) in [6.07, 6.45) is 0. The van der Waals surface area contributed by atoms with Gasteiger partial charge >= 0.3 is 0 Å². The summed E-state index contributed by atoms with van der Waals surface area (Å²) in [6.45, 7) is 0.0814. The molecule has 0 aliphatic heterocycles. The van der Waals surface area contributed by atoms with Crippen LogP contribution in [0.4, 0.5) is 4.39 Å². The van der Waals surface area contributed by atoms with Crippen molar-refractivity contribution in [1.82, 2.24) is 0 Å². The van der Waals surface area contributed by atoms with Gasteiger partial charge in [0.05, 0.1) is 11.6 Å². The standard InChI is InChI=1S/C14H11BrClFO2/c15-12-6-11(17)5-4-10(12)8-19-14-9(7-18)2-1-3-13(14)16/h1-6,18H,7-8H2. The van der Waals surface area contributed by atoms with Crippen molar-refractivity contribution in [3.8, 4) is 5.75 Å². The molecule has 1 N–H and O–H groups in total. The zero-order valence-electron chi connectivity index (χ0n) is 9.87. The van der Waals surface area contributed by atoms with Crippen LogP contribution >= 0.6 is 27.5 Å². The van der Waals surface area contributed by atoms with Gasteiger partial charge in [0.25, 0.3) is 0 Å². The summed E-state index contributed by atoms with van der Waals surface area (Å²) in [5.41, 5.74) is 1.41. The van der Waals surface area contributed by atoms with Crippen molar-refractivity contribution in [2.24, 2.45) is 0 Å². The van der Waals surface area contributed by atoms with E-state index in [-0.39, 0.29) is 19.0 Å². The lowest BCUT2D eigenvalue weighted by Gasteiger charge is -2.12. The van der Waals surface area contributed by atoms with E-state index in [1.165, 1.54) is 12.1 Å². The van der Waals surface area contributed by atoms with Crippen LogP contribution in [0.5, 0.6) is 5.75 Å². The average molecular weight is 346 g/mol. The van der Waals surface area contributed by atoms with Gasteiger partial charge in [0, 0.05) is 15.6 Å². The van der Waals surface area contributed by atoms with Crippen LogP contribution in [-0.2, 0) is 13.2 Å². The Hall–Kier alpha value is -1.10. The van der Waals surface area contributed by atoms with Gasteiger partial charge in [-0.2, -0.15) is 0 Å². The van der Waals surface area contributed by atoms with Gasteiger partial charge in [-0.1, -0.05) is 45.7 Å². The Kier molecular flexibility index (Phi) is 4.80. The number of benzene rings is 2. The Morgan fingerprint density at radius 2 is 2.00 bits per heavy atom. The Labute approximate surface area is 123 Å². The molecule has 0 spiro atoms. The molecule has 0 aliphatic rings. The van der Waals surface area contributed by atoms with E-state index >= 15 is 0 Å². The maximum Gasteiger partial charge on any atom is 0.143 e. The van der Waals surface area contributed by atoms with Crippen LogP contribution in [-0.4, -0.2) is 5.11 Å². The highest BCUT2D eigenvalue weighted by Gasteiger charge is 2.09. The Morgan fingerprint density at radius 3 is 2.68 bits per heavy atom. The number of rotatable bonds is 4. The second-order valence-corrected chi connectivity index (χ2v) is 5.17. The molecule has 0 atom stereocenters. The topological polar surface area (TPSA) is 29.5 Å². The molecule has 100 valence electrons. The molecule has 0 heterocycles. The Morgan fingerprint density at radius 1 is 1.21 bits per heavy atom. The predicted octanol–water partition coefficient (Wildman–Crippen LogP) is 4.31. The van der Waals surface area contributed by atoms with E-state index in [9.17, 15) is 9.50 Å². The van der Waals surface area contributed by atoms with E-state index < -0.39 is 0 Å². The minimum Gasteiger partial charge on any atom is -0.487 e. The summed E-state index contributed by atoms with van der Waals surface area (Å²) in [5, 5.41) is 9.67. The molecule has 0 bridgehead atoms. The second-order valence-electron chi connectivity index (χ2n) is 3.91. The van der Waals surface area contributed by atoms with Crippen LogP contribution in [0.3, 0.4) is 0 Å². The normalized spacial score (nSPS) is 10.5. The molecule has 19 heavy (non-hydrogen) atoms. The quantitative estimate of drug-likeness (QED) is 0.894. The molecule has 0 amide bonds. The molecule has 0 radical (unpaired) electrons. The van der Waals surface area contributed by atoms with Crippen LogP contribution in [0, 0.1) is 5.82 Å². The molecule has 2 aromatic carbocycles. The molecule has 0 aliphatic carbocycles. The van der Waals surface area contributed by atoms with Gasteiger partial charge in [0.2, 0.25) is 0 Å². The van der Waals surface area contributed by atoms with E-state index in [2.05, 4.69) is 15.9 Å². The SMILES string of the molecule is OCc1cccc(Cl)c1OCc1ccc(F)cc1Br. The Bertz CT molecular complexity index is 590. The van der Waals surface area contributed by atoms with Crippen molar-refractivity contribution in [2.75, 3.05) is 0 Å². The van der Waals surface area contributed by atoms with Crippen molar-refractivity contribution < 1.29 is 14.2 Å². The first kappa shape index (κ1) is 14.3. The summed E-state index contributed by atoms with van der Waals surface area (Å²) >= 11 is 9.30. The van der Waals surface area contributed by atoms with Crippen LogP contribution in [0.15, 0.2) is 40.9 Å². The maximum atomic E-state index is 13.0. The lowest BCUT2D eigenvalue weighted by Crippen LogP contribution is -2.00. The van der Waals surface area contributed by atoms with Crippen LogP contribution in [0.2, 0.25) is 5.02 Å². The van der Waals surface area contributed by atoms with Crippen LogP contribution in [0.1, 0.15) is 11.1 Å². The van der Waals surface area contributed by atoms with Crippen molar-refractivity contribution in [1.29, 1.82) is 0 Å². The number of aliphatic hydroxyl groups excluding tert-OH is 1. The van der Waals surface area contributed by atoms with E-state index in [0.717, 1.165) is 5.56 Å². The molecule has 2 rings (SSSR count). The zero-order valence-corrected chi connectivity index (χ0v) is 12.2. The van der Waals surface area contributed by atoms with Crippen LogP contribution < -0.4 is 4.74 Å². The van der Waals surface area contributed by atoms with Gasteiger partial charge in [-0.3, -0.25) is 0 Å². The van der Waals surface area contributed by atoms with Crippen LogP contribution in [0.25, 0.3) is 0 Å². The number of hydrogen-bond donors (Lipinski definition) is 1. The number of para-hydroxylation sites is 1. The summed E-state index contributed by atoms with van der Waals surface area (Å²) in [7, 11) is 0. The number of hydrogen-bond acceptors (Lipinski definition) is 2. The molecule has 5 heteroatoms. The first-order valence-corrected chi connectivity index (χ1v) is 6.74. The molecule has 0 saturated heterocycles. The van der Waals surface area contributed by atoms with Gasteiger partial charge in [0.15, 0.2) is 0 Å². The first-order chi connectivity index (χ1) is 9.11. The summed E-state index contributed by atoms with van der Waals surface area (Å²) in [4.78, 5) is 0. The highest BCUT2D eigenvalue weighted by Crippen LogP contribution is 2.30. The van der Waals surface area contributed by atoms with Crippen molar-refractivity contribution in [2.45, 2.75) is 13.2 Å². The fourth-order valence-electron chi connectivity index (χ4n) is 1.63. The van der Waals surface area contributed by atoms with Gasteiger partial charge in [-0.15, -0.1) is 0 Å².